The zero-order valence-corrected chi connectivity index (χ0v) is 17.7. The van der Waals surface area contributed by atoms with Crippen molar-refractivity contribution in [3.63, 3.8) is 0 Å². The highest BCUT2D eigenvalue weighted by molar-refractivity contribution is 7.16. The van der Waals surface area contributed by atoms with Crippen LogP contribution in [0.5, 0.6) is 11.5 Å². The molecule has 2 rings (SSSR count). The maximum atomic E-state index is 12.2. The lowest BCUT2D eigenvalue weighted by Crippen LogP contribution is -2.22. The van der Waals surface area contributed by atoms with Gasteiger partial charge in [-0.3, -0.25) is 9.59 Å². The summed E-state index contributed by atoms with van der Waals surface area (Å²) >= 11 is 1.26. The number of thiophene rings is 1. The smallest absolute Gasteiger partial charge is 0.341 e. The van der Waals surface area contributed by atoms with Crippen molar-refractivity contribution in [1.82, 2.24) is 0 Å². The molecule has 1 heterocycles. The number of nitrogens with one attached hydrogen (secondary N) is 1. The van der Waals surface area contributed by atoms with E-state index in [4.69, 9.17) is 18.9 Å². The lowest BCUT2D eigenvalue weighted by Gasteiger charge is -2.10. The van der Waals surface area contributed by atoms with Crippen LogP contribution in [0.3, 0.4) is 0 Å². The lowest BCUT2D eigenvalue weighted by molar-refractivity contribution is -0.146. The van der Waals surface area contributed by atoms with Gasteiger partial charge >= 0.3 is 11.9 Å². The maximum absolute atomic E-state index is 12.2. The molecule has 0 aliphatic rings. The van der Waals surface area contributed by atoms with Crippen LogP contribution in [0.15, 0.2) is 18.2 Å². The van der Waals surface area contributed by atoms with Crippen LogP contribution in [0.2, 0.25) is 0 Å². The first-order valence-corrected chi connectivity index (χ1v) is 9.47. The van der Waals surface area contributed by atoms with Gasteiger partial charge in [0, 0.05) is 4.88 Å². The van der Waals surface area contributed by atoms with Crippen LogP contribution in [-0.4, -0.2) is 45.8 Å². The summed E-state index contributed by atoms with van der Waals surface area (Å²) in [6, 6.07) is 5.06. The number of methoxy groups -OCH3 is 3. The Morgan fingerprint density at radius 1 is 1.03 bits per heavy atom. The standard InChI is InChI=1S/C20H23NO7S/c1-11-12(2)29-19(18(11)20(24)27-5)21-16(22)10-28-17(23)9-13-6-7-14(25-3)15(8-13)26-4/h6-8H,9-10H2,1-5H3,(H,21,22). The average molecular weight is 421 g/mol. The van der Waals surface area contributed by atoms with Gasteiger partial charge in [-0.2, -0.15) is 0 Å². The minimum absolute atomic E-state index is 0.0295. The van der Waals surface area contributed by atoms with Gasteiger partial charge in [0.05, 0.1) is 33.3 Å². The number of ether oxygens (including phenoxy) is 4. The quantitative estimate of drug-likeness (QED) is 0.654. The summed E-state index contributed by atoms with van der Waals surface area (Å²) in [5, 5.41) is 2.97. The number of esters is 2. The summed E-state index contributed by atoms with van der Waals surface area (Å²) in [6.07, 6.45) is -0.0295. The van der Waals surface area contributed by atoms with E-state index in [1.165, 1.54) is 32.7 Å². The van der Waals surface area contributed by atoms with Gasteiger partial charge in [-0.25, -0.2) is 4.79 Å². The van der Waals surface area contributed by atoms with E-state index in [1.807, 2.05) is 6.92 Å². The molecule has 0 unspecified atom stereocenters. The molecule has 0 fully saturated rings. The van der Waals surface area contributed by atoms with E-state index in [2.05, 4.69) is 5.32 Å². The monoisotopic (exact) mass is 421 g/mol. The molecule has 8 nitrogen and oxygen atoms in total. The Morgan fingerprint density at radius 2 is 1.72 bits per heavy atom. The molecular weight excluding hydrogens is 398 g/mol. The molecule has 0 atom stereocenters. The highest BCUT2D eigenvalue weighted by Crippen LogP contribution is 2.33. The first-order chi connectivity index (χ1) is 13.8. The SMILES string of the molecule is COC(=O)c1c(NC(=O)COC(=O)Cc2ccc(OC)c(OC)c2)sc(C)c1C. The summed E-state index contributed by atoms with van der Waals surface area (Å²) in [6.45, 7) is 3.14. The van der Waals surface area contributed by atoms with Gasteiger partial charge < -0.3 is 24.3 Å². The molecule has 1 aromatic heterocycles. The second kappa shape index (κ2) is 9.92. The Kier molecular flexibility index (Phi) is 7.60. The van der Waals surface area contributed by atoms with Crippen LogP contribution in [0, 0.1) is 13.8 Å². The van der Waals surface area contributed by atoms with Crippen molar-refractivity contribution in [3.8, 4) is 11.5 Å². The predicted octanol–water partition coefficient (Wildman–Crippen LogP) is 2.89. The Morgan fingerprint density at radius 3 is 2.34 bits per heavy atom. The van der Waals surface area contributed by atoms with E-state index in [0.29, 0.717) is 27.6 Å². The number of rotatable bonds is 8. The minimum Gasteiger partial charge on any atom is -0.493 e. The molecule has 0 spiro atoms. The van der Waals surface area contributed by atoms with Gasteiger partial charge in [0.25, 0.3) is 5.91 Å². The molecule has 0 saturated heterocycles. The largest absolute Gasteiger partial charge is 0.493 e. The van der Waals surface area contributed by atoms with Gasteiger partial charge in [-0.05, 0) is 37.1 Å². The van der Waals surface area contributed by atoms with Gasteiger partial charge in [0.1, 0.15) is 5.00 Å². The molecular formula is C20H23NO7S. The number of carbonyl (C=O) groups is 3. The van der Waals surface area contributed by atoms with E-state index in [0.717, 1.165) is 10.4 Å². The van der Waals surface area contributed by atoms with Gasteiger partial charge in [0.2, 0.25) is 0 Å². The zero-order valence-electron chi connectivity index (χ0n) is 16.9. The maximum Gasteiger partial charge on any atom is 0.341 e. The molecule has 29 heavy (non-hydrogen) atoms. The number of hydrogen-bond acceptors (Lipinski definition) is 8. The number of amides is 1. The van der Waals surface area contributed by atoms with Gasteiger partial charge in [-0.1, -0.05) is 6.07 Å². The van der Waals surface area contributed by atoms with Crippen molar-refractivity contribution in [2.24, 2.45) is 0 Å². The topological polar surface area (TPSA) is 100 Å². The Labute approximate surface area is 172 Å². The molecule has 156 valence electrons. The number of anilines is 1. The Bertz CT molecular complexity index is 920. The normalized spacial score (nSPS) is 10.2. The molecule has 9 heteroatoms. The van der Waals surface area contributed by atoms with Crippen LogP contribution in [-0.2, 0) is 25.5 Å². The summed E-state index contributed by atoms with van der Waals surface area (Å²) in [7, 11) is 4.30. The number of carbonyl (C=O) groups excluding carboxylic acids is 3. The Balaban J connectivity index is 1.95. The zero-order chi connectivity index (χ0) is 21.6. The fourth-order valence-electron chi connectivity index (χ4n) is 2.58. The summed E-state index contributed by atoms with van der Waals surface area (Å²) in [4.78, 5) is 37.1. The highest BCUT2D eigenvalue weighted by Gasteiger charge is 2.22. The van der Waals surface area contributed by atoms with Crippen LogP contribution in [0.25, 0.3) is 0 Å². The summed E-state index contributed by atoms with van der Waals surface area (Å²) in [5.74, 6) is -0.606. The molecule has 1 aromatic carbocycles. The molecule has 0 bridgehead atoms. The minimum atomic E-state index is -0.570. The molecule has 0 aliphatic carbocycles. The lowest BCUT2D eigenvalue weighted by atomic mass is 10.1. The number of aryl methyl sites for hydroxylation is 1. The molecule has 0 radical (unpaired) electrons. The molecule has 1 N–H and O–H groups in total. The van der Waals surface area contributed by atoms with E-state index < -0.39 is 24.5 Å². The molecule has 0 saturated carbocycles. The van der Waals surface area contributed by atoms with E-state index in [9.17, 15) is 14.4 Å². The van der Waals surface area contributed by atoms with E-state index >= 15 is 0 Å². The third-order valence-corrected chi connectivity index (χ3v) is 5.31. The van der Waals surface area contributed by atoms with Gasteiger partial charge in [0.15, 0.2) is 18.1 Å². The first-order valence-electron chi connectivity index (χ1n) is 8.65. The fourth-order valence-corrected chi connectivity index (χ4v) is 3.64. The second-order valence-corrected chi connectivity index (χ2v) is 7.28. The third-order valence-electron chi connectivity index (χ3n) is 4.19. The second-order valence-electron chi connectivity index (χ2n) is 6.05. The third kappa shape index (κ3) is 5.47. The van der Waals surface area contributed by atoms with Crippen molar-refractivity contribution in [2.45, 2.75) is 20.3 Å². The van der Waals surface area contributed by atoms with Crippen molar-refractivity contribution in [2.75, 3.05) is 33.3 Å². The number of hydrogen-bond donors (Lipinski definition) is 1. The van der Waals surface area contributed by atoms with Crippen molar-refractivity contribution >= 4 is 34.2 Å². The van der Waals surface area contributed by atoms with Crippen LogP contribution < -0.4 is 14.8 Å². The summed E-state index contributed by atoms with van der Waals surface area (Å²) < 4.78 is 20.2. The number of benzene rings is 1. The molecule has 0 aliphatic heterocycles. The molecule has 1 amide bonds. The van der Waals surface area contributed by atoms with Crippen LogP contribution >= 0.6 is 11.3 Å². The predicted molar refractivity (Wildman–Crippen MR) is 108 cm³/mol. The summed E-state index contributed by atoms with van der Waals surface area (Å²) in [5.41, 5.74) is 1.70. The van der Waals surface area contributed by atoms with Gasteiger partial charge in [-0.15, -0.1) is 11.3 Å². The van der Waals surface area contributed by atoms with Crippen LogP contribution in [0.1, 0.15) is 26.4 Å². The average Bonchev–Trinajstić information content (AvgIpc) is 2.98. The van der Waals surface area contributed by atoms with Crippen LogP contribution in [0.4, 0.5) is 5.00 Å². The van der Waals surface area contributed by atoms with Crippen molar-refractivity contribution in [3.05, 3.63) is 39.8 Å². The van der Waals surface area contributed by atoms with Crippen molar-refractivity contribution < 1.29 is 33.3 Å². The van der Waals surface area contributed by atoms with Crippen molar-refractivity contribution in [1.29, 1.82) is 0 Å². The Hall–Kier alpha value is -3.07. The van der Waals surface area contributed by atoms with E-state index in [1.54, 1.807) is 25.1 Å². The van der Waals surface area contributed by atoms with E-state index in [-0.39, 0.29) is 6.42 Å². The first kappa shape index (κ1) is 22.2. The highest BCUT2D eigenvalue weighted by atomic mass is 32.1. The fraction of sp³-hybridized carbons (Fsp3) is 0.350. The molecule has 2 aromatic rings.